The molecule has 2 N–H and O–H groups in total. The number of aromatic carboxylic acids is 1. The molecule has 1 aromatic carbocycles. The van der Waals surface area contributed by atoms with E-state index in [9.17, 15) is 9.18 Å². The van der Waals surface area contributed by atoms with Crippen molar-refractivity contribution in [2.45, 2.75) is 6.92 Å². The quantitative estimate of drug-likeness (QED) is 0.843. The molecule has 0 aliphatic rings. The van der Waals surface area contributed by atoms with Gasteiger partial charge in [-0.25, -0.2) is 14.2 Å². The van der Waals surface area contributed by atoms with Crippen LogP contribution in [0.4, 0.5) is 15.9 Å². The molecular weight excluding hydrogens is 271 g/mol. The van der Waals surface area contributed by atoms with E-state index in [1.54, 1.807) is 13.0 Å². The number of nitrogens with zero attached hydrogens (tertiary/aromatic N) is 1. The molecule has 0 amide bonds. The van der Waals surface area contributed by atoms with Crippen molar-refractivity contribution in [1.29, 1.82) is 0 Å². The van der Waals surface area contributed by atoms with Crippen molar-refractivity contribution in [1.82, 2.24) is 4.98 Å². The summed E-state index contributed by atoms with van der Waals surface area (Å²) >= 11 is 5.73. The minimum Gasteiger partial charge on any atom is -0.478 e. The maximum absolute atomic E-state index is 13.2. The molecule has 98 valence electrons. The van der Waals surface area contributed by atoms with Gasteiger partial charge >= 0.3 is 5.97 Å². The molecular formula is C13H10ClFN2O2. The molecule has 0 atom stereocenters. The fourth-order valence-electron chi connectivity index (χ4n) is 1.64. The highest BCUT2D eigenvalue weighted by Gasteiger charge is 2.08. The second-order valence-electron chi connectivity index (χ2n) is 4.01. The summed E-state index contributed by atoms with van der Waals surface area (Å²) in [6.45, 7) is 1.75. The molecule has 0 spiro atoms. The summed E-state index contributed by atoms with van der Waals surface area (Å²) in [5.41, 5.74) is 1.22. The number of benzene rings is 1. The zero-order chi connectivity index (χ0) is 14.0. The Hall–Kier alpha value is -2.14. The third-order valence-corrected chi connectivity index (χ3v) is 2.55. The number of halogens is 2. The van der Waals surface area contributed by atoms with Crippen LogP contribution in [0.5, 0.6) is 0 Å². The van der Waals surface area contributed by atoms with Crippen LogP contribution >= 0.6 is 11.6 Å². The molecule has 0 aliphatic carbocycles. The normalized spacial score (nSPS) is 10.3. The van der Waals surface area contributed by atoms with Crippen LogP contribution in [0, 0.1) is 12.7 Å². The fraction of sp³-hybridized carbons (Fsp3) is 0.0769. The Morgan fingerprint density at radius 1 is 1.32 bits per heavy atom. The lowest BCUT2D eigenvalue weighted by molar-refractivity contribution is 0.0697. The van der Waals surface area contributed by atoms with E-state index in [-0.39, 0.29) is 22.4 Å². The van der Waals surface area contributed by atoms with Gasteiger partial charge in [-0.15, -0.1) is 0 Å². The summed E-state index contributed by atoms with van der Waals surface area (Å²) in [6.07, 6.45) is 0. The number of carboxylic acid groups (broad SMARTS) is 1. The Morgan fingerprint density at radius 2 is 2.05 bits per heavy atom. The van der Waals surface area contributed by atoms with Gasteiger partial charge in [0.1, 0.15) is 16.8 Å². The zero-order valence-corrected chi connectivity index (χ0v) is 10.7. The van der Waals surface area contributed by atoms with Crippen LogP contribution < -0.4 is 5.32 Å². The van der Waals surface area contributed by atoms with Gasteiger partial charge in [-0.1, -0.05) is 11.6 Å². The molecule has 19 heavy (non-hydrogen) atoms. The van der Waals surface area contributed by atoms with E-state index in [1.165, 1.54) is 24.3 Å². The number of aromatic nitrogens is 1. The van der Waals surface area contributed by atoms with E-state index in [1.807, 2.05) is 0 Å². The molecule has 0 bridgehead atoms. The average Bonchev–Trinajstić information content (AvgIpc) is 2.26. The maximum Gasteiger partial charge on any atom is 0.335 e. The number of anilines is 2. The molecule has 0 saturated carbocycles. The van der Waals surface area contributed by atoms with E-state index in [0.29, 0.717) is 5.69 Å². The first-order valence-corrected chi connectivity index (χ1v) is 5.77. The van der Waals surface area contributed by atoms with Crippen LogP contribution in [-0.2, 0) is 0 Å². The maximum atomic E-state index is 13.2. The van der Waals surface area contributed by atoms with Crippen molar-refractivity contribution in [3.63, 3.8) is 0 Å². The van der Waals surface area contributed by atoms with Crippen molar-refractivity contribution in [3.8, 4) is 0 Å². The van der Waals surface area contributed by atoms with E-state index in [2.05, 4.69) is 10.3 Å². The fourth-order valence-corrected chi connectivity index (χ4v) is 1.85. The molecule has 0 saturated heterocycles. The first-order valence-electron chi connectivity index (χ1n) is 5.39. The number of pyridine rings is 1. The standard InChI is InChI=1S/C13H10ClFN2O2/c1-7-2-9(15)6-10(3-7)16-12-5-8(13(18)19)4-11(14)17-12/h2-6H,1H3,(H,16,17)(H,18,19). The highest BCUT2D eigenvalue weighted by molar-refractivity contribution is 6.29. The van der Waals surface area contributed by atoms with Crippen LogP contribution in [0.1, 0.15) is 15.9 Å². The van der Waals surface area contributed by atoms with Gasteiger partial charge in [0, 0.05) is 5.69 Å². The van der Waals surface area contributed by atoms with E-state index < -0.39 is 5.97 Å². The SMILES string of the molecule is Cc1cc(F)cc(Nc2cc(C(=O)O)cc(Cl)n2)c1. The third kappa shape index (κ3) is 3.42. The smallest absolute Gasteiger partial charge is 0.335 e. The van der Waals surface area contributed by atoms with Crippen molar-refractivity contribution < 1.29 is 14.3 Å². The van der Waals surface area contributed by atoms with Gasteiger partial charge in [0.25, 0.3) is 0 Å². The van der Waals surface area contributed by atoms with Crippen LogP contribution in [0.2, 0.25) is 5.15 Å². The minimum absolute atomic E-state index is 0.00984. The number of carbonyl (C=O) groups is 1. The lowest BCUT2D eigenvalue weighted by Crippen LogP contribution is -2.01. The Balaban J connectivity index is 2.35. The molecule has 2 aromatic rings. The van der Waals surface area contributed by atoms with E-state index in [0.717, 1.165) is 5.56 Å². The second kappa shape index (κ2) is 5.24. The Kier molecular flexibility index (Phi) is 3.66. The van der Waals surface area contributed by atoms with Gasteiger partial charge in [-0.05, 0) is 42.8 Å². The van der Waals surface area contributed by atoms with Gasteiger partial charge in [0.2, 0.25) is 0 Å². The first-order chi connectivity index (χ1) is 8.94. The predicted octanol–water partition coefficient (Wildman–Crippen LogP) is 3.62. The van der Waals surface area contributed by atoms with Gasteiger partial charge < -0.3 is 10.4 Å². The van der Waals surface area contributed by atoms with Crippen LogP contribution in [0.25, 0.3) is 0 Å². The predicted molar refractivity (Wildman–Crippen MR) is 70.6 cm³/mol. The molecule has 0 fully saturated rings. The Labute approximate surface area is 113 Å². The van der Waals surface area contributed by atoms with Gasteiger partial charge in [0.05, 0.1) is 5.56 Å². The van der Waals surface area contributed by atoms with Crippen molar-refractivity contribution in [3.05, 3.63) is 52.4 Å². The molecule has 1 aromatic heterocycles. The summed E-state index contributed by atoms with van der Waals surface area (Å²) in [5, 5.41) is 11.8. The van der Waals surface area contributed by atoms with Crippen LogP contribution in [-0.4, -0.2) is 16.1 Å². The van der Waals surface area contributed by atoms with Crippen LogP contribution in [0.3, 0.4) is 0 Å². The van der Waals surface area contributed by atoms with E-state index >= 15 is 0 Å². The lowest BCUT2D eigenvalue weighted by Gasteiger charge is -2.08. The first kappa shape index (κ1) is 13.3. The molecule has 1 heterocycles. The average molecular weight is 281 g/mol. The molecule has 0 aliphatic heterocycles. The number of aryl methyl sites for hydroxylation is 1. The Bertz CT molecular complexity index is 626. The van der Waals surface area contributed by atoms with Gasteiger partial charge in [-0.2, -0.15) is 0 Å². The number of rotatable bonds is 3. The molecule has 0 unspecified atom stereocenters. The van der Waals surface area contributed by atoms with E-state index in [4.69, 9.17) is 16.7 Å². The monoisotopic (exact) mass is 280 g/mol. The summed E-state index contributed by atoms with van der Waals surface area (Å²) in [5.74, 6) is -1.25. The largest absolute Gasteiger partial charge is 0.478 e. The third-order valence-electron chi connectivity index (χ3n) is 2.36. The topological polar surface area (TPSA) is 62.2 Å². The number of carboxylic acids is 1. The van der Waals surface area contributed by atoms with Gasteiger partial charge in [0.15, 0.2) is 0 Å². The highest BCUT2D eigenvalue weighted by atomic mass is 35.5. The molecule has 4 nitrogen and oxygen atoms in total. The molecule has 0 radical (unpaired) electrons. The zero-order valence-electron chi connectivity index (χ0n) is 9.95. The van der Waals surface area contributed by atoms with Crippen molar-refractivity contribution >= 4 is 29.1 Å². The summed E-state index contributed by atoms with van der Waals surface area (Å²) in [4.78, 5) is 14.8. The lowest BCUT2D eigenvalue weighted by atomic mass is 10.2. The second-order valence-corrected chi connectivity index (χ2v) is 4.40. The number of nitrogens with one attached hydrogen (secondary N) is 1. The highest BCUT2D eigenvalue weighted by Crippen LogP contribution is 2.21. The van der Waals surface area contributed by atoms with Crippen molar-refractivity contribution in [2.75, 3.05) is 5.32 Å². The summed E-state index contributed by atoms with van der Waals surface area (Å²) < 4.78 is 13.2. The number of hydrogen-bond acceptors (Lipinski definition) is 3. The molecule has 2 rings (SSSR count). The van der Waals surface area contributed by atoms with Crippen molar-refractivity contribution in [2.24, 2.45) is 0 Å². The number of hydrogen-bond donors (Lipinski definition) is 2. The Morgan fingerprint density at radius 3 is 2.68 bits per heavy atom. The summed E-state index contributed by atoms with van der Waals surface area (Å²) in [6, 6.07) is 6.96. The van der Waals surface area contributed by atoms with Crippen LogP contribution in [0.15, 0.2) is 30.3 Å². The molecule has 6 heteroatoms. The minimum atomic E-state index is -1.11. The van der Waals surface area contributed by atoms with Gasteiger partial charge in [-0.3, -0.25) is 0 Å². The summed E-state index contributed by atoms with van der Waals surface area (Å²) in [7, 11) is 0.